The monoisotopic (exact) mass is 380 g/mol. The Kier molecular flexibility index (Phi) is 5.81. The topological polar surface area (TPSA) is 41.5 Å². The van der Waals surface area contributed by atoms with E-state index in [1.165, 1.54) is 29.8 Å². The summed E-state index contributed by atoms with van der Waals surface area (Å²) in [5, 5.41) is 0. The Labute approximate surface area is 168 Å². The van der Waals surface area contributed by atoms with E-state index in [9.17, 15) is 0 Å². The average molecular weight is 381 g/mol. The number of fused-ring (bicyclic) bond motifs is 1. The second-order valence-corrected chi connectivity index (χ2v) is 8.30. The van der Waals surface area contributed by atoms with Gasteiger partial charge in [-0.05, 0) is 57.7 Å². The second kappa shape index (κ2) is 8.48. The van der Waals surface area contributed by atoms with Crippen LogP contribution in [0.1, 0.15) is 50.1 Å². The third kappa shape index (κ3) is 4.30. The van der Waals surface area contributed by atoms with Crippen molar-refractivity contribution in [1.82, 2.24) is 14.9 Å². The molecule has 4 rings (SSSR count). The predicted molar refractivity (Wildman–Crippen MR) is 113 cm³/mol. The van der Waals surface area contributed by atoms with E-state index in [1.807, 2.05) is 19.2 Å². The van der Waals surface area contributed by atoms with Crippen LogP contribution in [0.2, 0.25) is 0 Å². The molecule has 0 bridgehead atoms. The number of hydrogen-bond donors (Lipinski definition) is 0. The smallest absolute Gasteiger partial charge is 0.213 e. The molecule has 2 aromatic rings. The molecular formula is C23H32N4O. The Morgan fingerprint density at radius 3 is 2.68 bits per heavy atom. The van der Waals surface area contributed by atoms with Gasteiger partial charge in [0.05, 0.1) is 24.2 Å². The molecule has 2 aliphatic heterocycles. The van der Waals surface area contributed by atoms with Gasteiger partial charge in [-0.15, -0.1) is 0 Å². The van der Waals surface area contributed by atoms with Gasteiger partial charge in [0.2, 0.25) is 5.88 Å². The van der Waals surface area contributed by atoms with Crippen LogP contribution < -0.4 is 9.64 Å². The van der Waals surface area contributed by atoms with Crippen molar-refractivity contribution < 1.29 is 4.74 Å². The molecular weight excluding hydrogens is 348 g/mol. The van der Waals surface area contributed by atoms with Crippen LogP contribution in [0.3, 0.4) is 0 Å². The first-order chi connectivity index (χ1) is 13.6. The van der Waals surface area contributed by atoms with Crippen molar-refractivity contribution in [1.29, 1.82) is 0 Å². The van der Waals surface area contributed by atoms with Gasteiger partial charge in [-0.1, -0.05) is 6.07 Å². The lowest BCUT2D eigenvalue weighted by Crippen LogP contribution is -2.34. The van der Waals surface area contributed by atoms with Crippen LogP contribution in [0, 0.1) is 6.92 Å². The lowest BCUT2D eigenvalue weighted by molar-refractivity contribution is 0.190. The normalized spacial score (nSPS) is 22.3. The molecule has 0 amide bonds. The molecule has 4 heterocycles. The van der Waals surface area contributed by atoms with Gasteiger partial charge in [-0.3, -0.25) is 9.88 Å². The van der Waals surface area contributed by atoms with Crippen molar-refractivity contribution in [2.75, 3.05) is 24.6 Å². The fourth-order valence-electron chi connectivity index (χ4n) is 4.46. The van der Waals surface area contributed by atoms with E-state index < -0.39 is 0 Å². The van der Waals surface area contributed by atoms with Crippen molar-refractivity contribution in [2.45, 2.75) is 65.1 Å². The lowest BCUT2D eigenvalue weighted by atomic mass is 10.1. The summed E-state index contributed by atoms with van der Waals surface area (Å²) in [6.07, 6.45) is 6.62. The van der Waals surface area contributed by atoms with E-state index in [2.05, 4.69) is 46.8 Å². The fraction of sp³-hybridized carbons (Fsp3) is 0.565. The summed E-state index contributed by atoms with van der Waals surface area (Å²) in [6, 6.07) is 9.85. The van der Waals surface area contributed by atoms with Gasteiger partial charge in [0.25, 0.3) is 0 Å². The highest BCUT2D eigenvalue weighted by Crippen LogP contribution is 2.25. The zero-order valence-corrected chi connectivity index (χ0v) is 17.4. The highest BCUT2D eigenvalue weighted by atomic mass is 16.5. The van der Waals surface area contributed by atoms with Gasteiger partial charge in [0, 0.05) is 49.9 Å². The maximum atomic E-state index is 5.97. The quantitative estimate of drug-likeness (QED) is 0.709. The predicted octanol–water partition coefficient (Wildman–Crippen LogP) is 3.99. The molecule has 150 valence electrons. The van der Waals surface area contributed by atoms with Crippen LogP contribution in [0.25, 0.3) is 0 Å². The van der Waals surface area contributed by atoms with E-state index in [0.717, 1.165) is 50.7 Å². The first-order valence-corrected chi connectivity index (χ1v) is 10.6. The molecule has 0 spiro atoms. The number of aryl methyl sites for hydroxylation is 1. The van der Waals surface area contributed by atoms with Gasteiger partial charge in [0.1, 0.15) is 0 Å². The van der Waals surface area contributed by atoms with Crippen LogP contribution in [-0.4, -0.2) is 46.6 Å². The molecule has 0 saturated carbocycles. The zero-order valence-electron chi connectivity index (χ0n) is 17.4. The van der Waals surface area contributed by atoms with Gasteiger partial charge in [-0.2, -0.15) is 0 Å². The van der Waals surface area contributed by atoms with Crippen molar-refractivity contribution in [3.63, 3.8) is 0 Å². The van der Waals surface area contributed by atoms with Crippen LogP contribution in [-0.2, 0) is 13.0 Å². The highest BCUT2D eigenvalue weighted by Gasteiger charge is 2.26. The molecule has 2 aromatic heterocycles. The minimum atomic E-state index is 0.712. The number of rotatable bonds is 6. The Balaban J connectivity index is 1.29. The molecule has 2 atom stereocenters. The molecule has 0 radical (unpaired) electrons. The van der Waals surface area contributed by atoms with Gasteiger partial charge in [-0.25, -0.2) is 4.98 Å². The Morgan fingerprint density at radius 2 is 1.93 bits per heavy atom. The summed E-state index contributed by atoms with van der Waals surface area (Å²) >= 11 is 0. The molecule has 0 aliphatic carbocycles. The Hall–Kier alpha value is -2.14. The largest absolute Gasteiger partial charge is 0.478 e. The molecule has 1 fully saturated rings. The third-order valence-corrected chi connectivity index (χ3v) is 6.23. The summed E-state index contributed by atoms with van der Waals surface area (Å²) in [6.45, 7) is 10.4. The van der Waals surface area contributed by atoms with Crippen LogP contribution in [0.15, 0.2) is 30.5 Å². The molecule has 0 unspecified atom stereocenters. The first-order valence-electron chi connectivity index (χ1n) is 10.6. The second-order valence-electron chi connectivity index (χ2n) is 8.30. The van der Waals surface area contributed by atoms with Gasteiger partial charge < -0.3 is 9.64 Å². The summed E-state index contributed by atoms with van der Waals surface area (Å²) < 4.78 is 5.97. The lowest BCUT2D eigenvalue weighted by Gasteiger charge is -2.30. The van der Waals surface area contributed by atoms with Gasteiger partial charge in [0.15, 0.2) is 0 Å². The number of likely N-dealkylation sites (tertiary alicyclic amines) is 1. The van der Waals surface area contributed by atoms with Crippen molar-refractivity contribution in [3.8, 4) is 5.88 Å². The average Bonchev–Trinajstić information content (AvgIpc) is 3.03. The van der Waals surface area contributed by atoms with Crippen LogP contribution >= 0.6 is 0 Å². The molecule has 28 heavy (non-hydrogen) atoms. The number of anilines is 1. The summed E-state index contributed by atoms with van der Waals surface area (Å²) in [4.78, 5) is 14.2. The van der Waals surface area contributed by atoms with E-state index >= 15 is 0 Å². The van der Waals surface area contributed by atoms with Crippen LogP contribution in [0.5, 0.6) is 5.88 Å². The summed E-state index contributed by atoms with van der Waals surface area (Å²) in [7, 11) is 0. The fourth-order valence-corrected chi connectivity index (χ4v) is 4.46. The van der Waals surface area contributed by atoms with E-state index in [1.54, 1.807) is 0 Å². The zero-order chi connectivity index (χ0) is 19.5. The molecule has 5 nitrogen and oxygen atoms in total. The van der Waals surface area contributed by atoms with Gasteiger partial charge >= 0.3 is 0 Å². The van der Waals surface area contributed by atoms with Crippen molar-refractivity contribution in [2.24, 2.45) is 0 Å². The molecule has 2 aliphatic rings. The molecule has 5 heteroatoms. The minimum Gasteiger partial charge on any atom is -0.478 e. The van der Waals surface area contributed by atoms with E-state index in [-0.39, 0.29) is 0 Å². The molecule has 0 aromatic carbocycles. The number of pyridine rings is 2. The molecule has 0 N–H and O–H groups in total. The minimum absolute atomic E-state index is 0.712. The Bertz CT molecular complexity index is 782. The third-order valence-electron chi connectivity index (χ3n) is 6.23. The SMILES string of the molecule is Cc1ccc(N2CCc3nc(OCCCN4[C@H](C)CC[C@H]4C)ccc3C2)cn1. The maximum absolute atomic E-state index is 5.97. The van der Waals surface area contributed by atoms with E-state index in [0.29, 0.717) is 12.1 Å². The molecule has 1 saturated heterocycles. The number of nitrogens with zero attached hydrogens (tertiary/aromatic N) is 4. The van der Waals surface area contributed by atoms with Crippen molar-refractivity contribution in [3.05, 3.63) is 47.4 Å². The van der Waals surface area contributed by atoms with Crippen molar-refractivity contribution >= 4 is 5.69 Å². The first kappa shape index (κ1) is 19.2. The number of ether oxygens (including phenoxy) is 1. The van der Waals surface area contributed by atoms with Crippen LogP contribution in [0.4, 0.5) is 5.69 Å². The summed E-state index contributed by atoms with van der Waals surface area (Å²) in [5.41, 5.74) is 4.70. The summed E-state index contributed by atoms with van der Waals surface area (Å²) in [5.74, 6) is 0.770. The number of hydrogen-bond acceptors (Lipinski definition) is 5. The number of aromatic nitrogens is 2. The van der Waals surface area contributed by atoms with E-state index in [4.69, 9.17) is 9.72 Å². The Morgan fingerprint density at radius 1 is 1.11 bits per heavy atom. The highest BCUT2D eigenvalue weighted by molar-refractivity contribution is 5.47. The maximum Gasteiger partial charge on any atom is 0.213 e. The standard InChI is InChI=1S/C23H32N4O/c1-17-5-9-21(15-24-17)26-13-11-22-20(16-26)8-10-23(25-22)28-14-4-12-27-18(2)6-7-19(27)3/h5,8-10,15,18-19H,4,6-7,11-14,16H2,1-3H3/t18-,19-/m1/s1.